The van der Waals surface area contributed by atoms with Gasteiger partial charge in [-0.25, -0.2) is 0 Å². The minimum atomic E-state index is 0.0578. The van der Waals surface area contributed by atoms with Crippen molar-refractivity contribution < 1.29 is 14.9 Å². The van der Waals surface area contributed by atoms with Crippen molar-refractivity contribution in [1.29, 1.82) is 0 Å². The average molecular weight is 273 g/mol. The topological polar surface area (TPSA) is 52.9 Å². The minimum absolute atomic E-state index is 0.0578. The van der Waals surface area contributed by atoms with Gasteiger partial charge in [0.15, 0.2) is 0 Å². The fourth-order valence-corrected chi connectivity index (χ4v) is 1.96. The maximum Gasteiger partial charge on any atom is 0.127 e. The quantitative estimate of drug-likeness (QED) is 0.812. The number of rotatable bonds is 7. The van der Waals surface area contributed by atoms with Gasteiger partial charge in [-0.3, -0.25) is 0 Å². The molecule has 0 radical (unpaired) electrons. The van der Waals surface area contributed by atoms with E-state index in [0.29, 0.717) is 13.1 Å². The monoisotopic (exact) mass is 273 g/mol. The number of anilines is 1. The summed E-state index contributed by atoms with van der Waals surface area (Å²) < 4.78 is 5.72. The first kappa shape index (κ1) is 14.4. The zero-order valence-corrected chi connectivity index (χ0v) is 11.3. The molecule has 2 N–H and O–H groups in total. The first-order chi connectivity index (χ1) is 9.83. The van der Waals surface area contributed by atoms with Gasteiger partial charge in [-0.2, -0.15) is 0 Å². The molecular formula is C16H19NO3. The summed E-state index contributed by atoms with van der Waals surface area (Å²) in [6, 6.07) is 17.2. The molecule has 0 saturated carbocycles. The van der Waals surface area contributed by atoms with Gasteiger partial charge in [-0.1, -0.05) is 18.2 Å². The summed E-state index contributed by atoms with van der Waals surface area (Å²) >= 11 is 0. The molecule has 0 aliphatic heterocycles. The lowest BCUT2D eigenvalue weighted by molar-refractivity contribution is 0.281. The highest BCUT2D eigenvalue weighted by Gasteiger charge is 2.05. The van der Waals surface area contributed by atoms with Crippen molar-refractivity contribution in [1.82, 2.24) is 0 Å². The fraction of sp³-hybridized carbons (Fsp3) is 0.250. The zero-order chi connectivity index (χ0) is 14.2. The van der Waals surface area contributed by atoms with Gasteiger partial charge in [0, 0.05) is 18.8 Å². The van der Waals surface area contributed by atoms with E-state index in [2.05, 4.69) is 0 Å². The Kier molecular flexibility index (Phi) is 5.41. The molecule has 2 aromatic carbocycles. The van der Waals surface area contributed by atoms with E-state index in [0.717, 1.165) is 17.2 Å². The maximum atomic E-state index is 9.03. The van der Waals surface area contributed by atoms with E-state index in [9.17, 15) is 0 Å². The molecule has 0 aliphatic carbocycles. The average Bonchev–Trinajstić information content (AvgIpc) is 2.49. The minimum Gasteiger partial charge on any atom is -0.457 e. The molecule has 4 heteroatoms. The summed E-state index contributed by atoms with van der Waals surface area (Å²) in [6.07, 6.45) is 0. The SMILES string of the molecule is OCCN(CCO)c1ccc(Oc2ccccc2)cc1. The lowest BCUT2D eigenvalue weighted by Gasteiger charge is -2.23. The Morgan fingerprint density at radius 2 is 1.30 bits per heavy atom. The van der Waals surface area contributed by atoms with Gasteiger partial charge < -0.3 is 19.8 Å². The van der Waals surface area contributed by atoms with Crippen molar-refractivity contribution in [3.05, 3.63) is 54.6 Å². The Balaban J connectivity index is 2.05. The van der Waals surface area contributed by atoms with E-state index in [1.165, 1.54) is 0 Å². The highest BCUT2D eigenvalue weighted by Crippen LogP contribution is 2.24. The van der Waals surface area contributed by atoms with Crippen LogP contribution in [0.15, 0.2) is 54.6 Å². The Morgan fingerprint density at radius 3 is 1.85 bits per heavy atom. The van der Waals surface area contributed by atoms with Gasteiger partial charge >= 0.3 is 0 Å². The molecule has 2 aromatic rings. The van der Waals surface area contributed by atoms with Gasteiger partial charge in [-0.05, 0) is 36.4 Å². The maximum absolute atomic E-state index is 9.03. The van der Waals surface area contributed by atoms with Crippen molar-refractivity contribution in [2.45, 2.75) is 0 Å². The van der Waals surface area contributed by atoms with E-state index >= 15 is 0 Å². The summed E-state index contributed by atoms with van der Waals surface area (Å²) in [7, 11) is 0. The molecule has 0 fully saturated rings. The second kappa shape index (κ2) is 7.53. The van der Waals surface area contributed by atoms with Crippen molar-refractivity contribution in [2.75, 3.05) is 31.2 Å². The number of benzene rings is 2. The van der Waals surface area contributed by atoms with E-state index in [-0.39, 0.29) is 13.2 Å². The molecule has 4 nitrogen and oxygen atoms in total. The summed E-state index contributed by atoms with van der Waals surface area (Å²) in [4.78, 5) is 1.92. The van der Waals surface area contributed by atoms with Crippen LogP contribution in [-0.2, 0) is 0 Å². The smallest absolute Gasteiger partial charge is 0.127 e. The van der Waals surface area contributed by atoms with Gasteiger partial charge in [0.05, 0.1) is 13.2 Å². The third-order valence-corrected chi connectivity index (χ3v) is 2.92. The lowest BCUT2D eigenvalue weighted by atomic mass is 10.2. The Hall–Kier alpha value is -2.04. The molecule has 0 saturated heterocycles. The standard InChI is InChI=1S/C16H19NO3/c18-12-10-17(11-13-19)14-6-8-16(9-7-14)20-15-4-2-1-3-5-15/h1-9,18-19H,10-13H2. The van der Waals surface area contributed by atoms with Crippen LogP contribution in [0.2, 0.25) is 0 Å². The van der Waals surface area contributed by atoms with Crippen LogP contribution in [0.1, 0.15) is 0 Å². The number of hydrogen-bond acceptors (Lipinski definition) is 4. The molecule has 0 heterocycles. The van der Waals surface area contributed by atoms with Crippen LogP contribution in [0.3, 0.4) is 0 Å². The van der Waals surface area contributed by atoms with Crippen molar-refractivity contribution in [2.24, 2.45) is 0 Å². The normalized spacial score (nSPS) is 10.3. The number of aliphatic hydroxyl groups excluding tert-OH is 2. The van der Waals surface area contributed by atoms with Crippen LogP contribution in [-0.4, -0.2) is 36.5 Å². The van der Waals surface area contributed by atoms with Crippen LogP contribution >= 0.6 is 0 Å². The van der Waals surface area contributed by atoms with Crippen LogP contribution in [0.25, 0.3) is 0 Å². The Morgan fingerprint density at radius 1 is 0.750 bits per heavy atom. The molecule has 0 amide bonds. The van der Waals surface area contributed by atoms with Gasteiger partial charge in [0.2, 0.25) is 0 Å². The van der Waals surface area contributed by atoms with Gasteiger partial charge in [-0.15, -0.1) is 0 Å². The molecule has 0 atom stereocenters. The molecule has 0 bridgehead atoms. The number of ether oxygens (including phenoxy) is 1. The van der Waals surface area contributed by atoms with E-state index in [1.54, 1.807) is 0 Å². The first-order valence-electron chi connectivity index (χ1n) is 6.63. The molecule has 0 unspecified atom stereocenters. The summed E-state index contributed by atoms with van der Waals surface area (Å²) in [5.74, 6) is 1.55. The van der Waals surface area contributed by atoms with E-state index in [1.807, 2.05) is 59.5 Å². The fourth-order valence-electron chi connectivity index (χ4n) is 1.96. The number of para-hydroxylation sites is 1. The molecule has 0 aliphatic rings. The first-order valence-corrected chi connectivity index (χ1v) is 6.63. The second-order valence-electron chi connectivity index (χ2n) is 4.34. The largest absolute Gasteiger partial charge is 0.457 e. The third-order valence-electron chi connectivity index (χ3n) is 2.92. The zero-order valence-electron chi connectivity index (χ0n) is 11.3. The highest BCUT2D eigenvalue weighted by molar-refractivity contribution is 5.49. The van der Waals surface area contributed by atoms with Gasteiger partial charge in [0.25, 0.3) is 0 Å². The summed E-state index contributed by atoms with van der Waals surface area (Å²) in [6.45, 7) is 1.11. The number of nitrogens with zero attached hydrogens (tertiary/aromatic N) is 1. The van der Waals surface area contributed by atoms with Crippen molar-refractivity contribution in [3.8, 4) is 11.5 Å². The number of aliphatic hydroxyl groups is 2. The van der Waals surface area contributed by atoms with Crippen LogP contribution in [0, 0.1) is 0 Å². The van der Waals surface area contributed by atoms with E-state index in [4.69, 9.17) is 14.9 Å². The molecule has 0 spiro atoms. The third kappa shape index (κ3) is 3.98. The Labute approximate surface area is 118 Å². The molecular weight excluding hydrogens is 254 g/mol. The lowest BCUT2D eigenvalue weighted by Crippen LogP contribution is -2.29. The van der Waals surface area contributed by atoms with E-state index < -0.39 is 0 Å². The van der Waals surface area contributed by atoms with Crippen molar-refractivity contribution in [3.63, 3.8) is 0 Å². The number of hydrogen-bond donors (Lipinski definition) is 2. The predicted molar refractivity (Wildman–Crippen MR) is 79.3 cm³/mol. The molecule has 20 heavy (non-hydrogen) atoms. The predicted octanol–water partition coefficient (Wildman–Crippen LogP) is 2.27. The van der Waals surface area contributed by atoms with Gasteiger partial charge in [0.1, 0.15) is 11.5 Å². The second-order valence-corrected chi connectivity index (χ2v) is 4.34. The molecule has 0 aromatic heterocycles. The Bertz CT molecular complexity index is 493. The molecule has 2 rings (SSSR count). The molecule has 106 valence electrons. The van der Waals surface area contributed by atoms with Crippen LogP contribution in [0.4, 0.5) is 5.69 Å². The van der Waals surface area contributed by atoms with Crippen LogP contribution < -0.4 is 9.64 Å². The van der Waals surface area contributed by atoms with Crippen LogP contribution in [0.5, 0.6) is 11.5 Å². The van der Waals surface area contributed by atoms with Crippen molar-refractivity contribution >= 4 is 5.69 Å². The summed E-state index contributed by atoms with van der Waals surface area (Å²) in [5, 5.41) is 18.1. The summed E-state index contributed by atoms with van der Waals surface area (Å²) in [5.41, 5.74) is 0.952. The highest BCUT2D eigenvalue weighted by atomic mass is 16.5.